The van der Waals surface area contributed by atoms with Crippen molar-refractivity contribution in [1.29, 1.82) is 0 Å². The summed E-state index contributed by atoms with van der Waals surface area (Å²) in [5, 5.41) is 3.09. The molecule has 2 aliphatic rings. The molecule has 1 nitrogen and oxygen atoms in total. The fraction of sp³-hybridized carbons (Fsp3) is 0.571. The number of nitrogens with one attached hydrogen (secondary N) is 1. The van der Waals surface area contributed by atoms with Crippen LogP contribution in [0.4, 0.5) is 0 Å². The van der Waals surface area contributed by atoms with Crippen LogP contribution >= 0.6 is 11.8 Å². The largest absolute Gasteiger partial charge is 0.251 e. The van der Waals surface area contributed by atoms with E-state index in [9.17, 15) is 0 Å². The Hall–Kier alpha value is -0.240. The van der Waals surface area contributed by atoms with Crippen molar-refractivity contribution in [2.24, 2.45) is 5.92 Å². The zero-order valence-electron chi connectivity index (χ0n) is 5.21. The molecule has 0 saturated carbocycles. The second-order valence-electron chi connectivity index (χ2n) is 2.51. The normalized spacial score (nSPS) is 39.1. The first-order chi connectivity index (χ1) is 4.47. The molecule has 2 unspecified atom stereocenters. The Kier molecular flexibility index (Phi) is 1.34. The van der Waals surface area contributed by atoms with E-state index in [1.807, 2.05) is 11.8 Å². The van der Waals surface area contributed by atoms with Gasteiger partial charge in [0.2, 0.25) is 0 Å². The highest BCUT2D eigenvalue weighted by Crippen LogP contribution is 2.30. The van der Waals surface area contributed by atoms with Gasteiger partial charge in [-0.2, -0.15) is 0 Å². The molecule has 0 saturated heterocycles. The van der Waals surface area contributed by atoms with Gasteiger partial charge in [0, 0.05) is 17.6 Å². The highest BCUT2D eigenvalue weighted by molar-refractivity contribution is 8.03. The number of rotatable bonds is 0. The van der Waals surface area contributed by atoms with Crippen LogP contribution in [0.2, 0.25) is 0 Å². The summed E-state index contributed by atoms with van der Waals surface area (Å²) in [4.78, 5) is 3.27. The molecule has 1 N–H and O–H groups in total. The lowest BCUT2D eigenvalue weighted by Gasteiger charge is -2.13. The lowest BCUT2D eigenvalue weighted by atomic mass is 10.0. The minimum atomic E-state index is 0.806. The summed E-state index contributed by atoms with van der Waals surface area (Å²) in [6.45, 7) is 1.15. The summed E-state index contributed by atoms with van der Waals surface area (Å²) in [6.07, 6.45) is 5.72. The number of thioether (sulfide) groups is 1. The first-order valence-corrected chi connectivity index (χ1v) is 4.28. The summed E-state index contributed by atoms with van der Waals surface area (Å²) in [7, 11) is 0. The monoisotopic (exact) mass is 140 g/mol. The van der Waals surface area contributed by atoms with Crippen LogP contribution in [0.25, 0.3) is 0 Å². The van der Waals surface area contributed by atoms with Crippen molar-refractivity contribution < 1.29 is 4.99 Å². The number of hydrogen-bond acceptors (Lipinski definition) is 1. The molecule has 0 aliphatic carbocycles. The fourth-order valence-corrected chi connectivity index (χ4v) is 2.41. The van der Waals surface area contributed by atoms with Gasteiger partial charge < -0.3 is 0 Å². The van der Waals surface area contributed by atoms with Gasteiger partial charge in [-0.05, 0) is 5.41 Å². The smallest absolute Gasteiger partial charge is 0.147 e. The quantitative estimate of drug-likeness (QED) is 0.491. The van der Waals surface area contributed by atoms with Crippen LogP contribution in [-0.4, -0.2) is 18.0 Å². The van der Waals surface area contributed by atoms with Crippen molar-refractivity contribution in [3.05, 3.63) is 11.5 Å². The maximum absolute atomic E-state index is 3.27. The van der Waals surface area contributed by atoms with E-state index in [0.717, 1.165) is 17.7 Å². The number of fused-ring (bicyclic) bond motifs is 1. The Morgan fingerprint density at radius 3 is 3.44 bits per heavy atom. The van der Waals surface area contributed by atoms with E-state index in [0.29, 0.717) is 0 Å². The van der Waals surface area contributed by atoms with Crippen LogP contribution in [-0.2, 0) is 0 Å². The molecule has 2 atom stereocenters. The zero-order chi connectivity index (χ0) is 6.10. The molecule has 0 radical (unpaired) electrons. The predicted molar refractivity (Wildman–Crippen MR) is 40.5 cm³/mol. The van der Waals surface area contributed by atoms with E-state index in [-0.39, 0.29) is 0 Å². The second-order valence-corrected chi connectivity index (χ2v) is 3.66. The Balaban J connectivity index is 2.13. The molecular weight excluding hydrogens is 130 g/mol. The van der Waals surface area contributed by atoms with Crippen LogP contribution in [0, 0.1) is 5.92 Å². The van der Waals surface area contributed by atoms with Crippen LogP contribution in [0.1, 0.15) is 6.42 Å². The van der Waals surface area contributed by atoms with Crippen LogP contribution in [0.3, 0.4) is 0 Å². The van der Waals surface area contributed by atoms with Crippen LogP contribution in [0.15, 0.2) is 11.5 Å². The van der Waals surface area contributed by atoms with Crippen molar-refractivity contribution in [2.45, 2.75) is 11.7 Å². The molecule has 0 aromatic heterocycles. The molecule has 0 bridgehead atoms. The van der Waals surface area contributed by atoms with E-state index in [4.69, 9.17) is 0 Å². The van der Waals surface area contributed by atoms with E-state index in [1.54, 1.807) is 0 Å². The summed E-state index contributed by atoms with van der Waals surface area (Å²) < 4.78 is 0. The Morgan fingerprint density at radius 1 is 1.56 bits per heavy atom. The summed E-state index contributed by atoms with van der Waals surface area (Å²) in [5.41, 5.74) is 0. The van der Waals surface area contributed by atoms with Gasteiger partial charge in [-0.1, -0.05) is 6.08 Å². The lowest BCUT2D eigenvalue weighted by Crippen LogP contribution is -2.73. The van der Waals surface area contributed by atoms with Crippen molar-refractivity contribution in [2.75, 3.05) is 6.54 Å². The minimum absolute atomic E-state index is 0.806. The topological polar surface area (TPSA) is 14.0 Å². The Labute approximate surface area is 59.2 Å². The van der Waals surface area contributed by atoms with Crippen molar-refractivity contribution in [3.8, 4) is 0 Å². The van der Waals surface area contributed by atoms with Crippen LogP contribution < -0.4 is 4.99 Å². The summed E-state index contributed by atoms with van der Waals surface area (Å²) >= 11 is 1.97. The molecule has 2 rings (SSSR count). The third-order valence-electron chi connectivity index (χ3n) is 1.90. The van der Waals surface area contributed by atoms with Gasteiger partial charge in [0.25, 0.3) is 0 Å². The predicted octanol–water partition coefficient (Wildman–Crippen LogP) is -0.213. The standard InChI is InChI=1S/C7H9NS/c1-3-8-5-6-2-4-9-7(1)6/h2-4,6-7H,1,5H2/p+1. The molecule has 0 spiro atoms. The SMILES string of the molecule is C1=CC2C[NH+]=CCC2S1. The van der Waals surface area contributed by atoms with E-state index < -0.39 is 0 Å². The molecule has 9 heavy (non-hydrogen) atoms. The second kappa shape index (κ2) is 2.18. The van der Waals surface area contributed by atoms with Crippen LogP contribution in [0.5, 0.6) is 0 Å². The first kappa shape index (κ1) is 5.54. The van der Waals surface area contributed by atoms with Gasteiger partial charge in [-0.15, -0.1) is 11.8 Å². The highest BCUT2D eigenvalue weighted by Gasteiger charge is 2.27. The lowest BCUT2D eigenvalue weighted by molar-refractivity contribution is -0.464. The molecule has 2 heterocycles. The molecule has 2 aliphatic heterocycles. The third-order valence-corrected chi connectivity index (χ3v) is 3.11. The van der Waals surface area contributed by atoms with E-state index in [2.05, 4.69) is 22.7 Å². The van der Waals surface area contributed by atoms with Gasteiger partial charge in [0.05, 0.1) is 0 Å². The van der Waals surface area contributed by atoms with Gasteiger partial charge in [-0.25, -0.2) is 0 Å². The Morgan fingerprint density at radius 2 is 2.56 bits per heavy atom. The van der Waals surface area contributed by atoms with Crippen molar-refractivity contribution in [1.82, 2.24) is 0 Å². The van der Waals surface area contributed by atoms with Gasteiger partial charge in [0.15, 0.2) is 0 Å². The molecular formula is C7H10NS+. The zero-order valence-corrected chi connectivity index (χ0v) is 6.03. The van der Waals surface area contributed by atoms with Crippen molar-refractivity contribution >= 4 is 18.0 Å². The molecule has 0 aromatic rings. The average Bonchev–Trinajstić information content (AvgIpc) is 2.33. The van der Waals surface area contributed by atoms with E-state index >= 15 is 0 Å². The fourth-order valence-electron chi connectivity index (χ4n) is 1.32. The van der Waals surface area contributed by atoms with Gasteiger partial charge in [0.1, 0.15) is 12.8 Å². The minimum Gasteiger partial charge on any atom is -0.251 e. The molecule has 48 valence electrons. The molecule has 0 aromatic carbocycles. The summed E-state index contributed by atoms with van der Waals surface area (Å²) in [5.74, 6) is 0.806. The average molecular weight is 140 g/mol. The first-order valence-electron chi connectivity index (χ1n) is 3.34. The van der Waals surface area contributed by atoms with Crippen molar-refractivity contribution in [3.63, 3.8) is 0 Å². The van der Waals surface area contributed by atoms with Gasteiger partial charge >= 0.3 is 0 Å². The molecule has 2 heteroatoms. The third kappa shape index (κ3) is 0.917. The maximum atomic E-state index is 3.27. The Bertz CT molecular complexity index is 162. The van der Waals surface area contributed by atoms with Gasteiger partial charge in [-0.3, -0.25) is 4.99 Å². The number of hydrogen-bond donors (Lipinski definition) is 1. The maximum Gasteiger partial charge on any atom is 0.147 e. The van der Waals surface area contributed by atoms with E-state index in [1.165, 1.54) is 6.42 Å². The molecule has 0 amide bonds. The highest BCUT2D eigenvalue weighted by atomic mass is 32.2. The summed E-state index contributed by atoms with van der Waals surface area (Å²) in [6, 6.07) is 0. The molecule has 0 fully saturated rings.